The first-order chi connectivity index (χ1) is 13.6. The van der Waals surface area contributed by atoms with Gasteiger partial charge >= 0.3 is 5.97 Å². The van der Waals surface area contributed by atoms with Crippen molar-refractivity contribution < 1.29 is 23.9 Å². The molecule has 7 nitrogen and oxygen atoms in total. The number of carbonyl (C=O) groups excluding carboxylic acids is 3. The van der Waals surface area contributed by atoms with Crippen LogP contribution in [-0.2, 0) is 14.3 Å². The lowest BCUT2D eigenvalue weighted by Gasteiger charge is -2.34. The van der Waals surface area contributed by atoms with Crippen molar-refractivity contribution in [2.75, 3.05) is 26.8 Å². The molecule has 0 bridgehead atoms. The molecular formula is C21H30N2O5. The van der Waals surface area contributed by atoms with Gasteiger partial charge in [0, 0.05) is 18.7 Å². The van der Waals surface area contributed by atoms with Crippen LogP contribution in [0.2, 0.25) is 0 Å². The maximum Gasteiger partial charge on any atom is 0.308 e. The fourth-order valence-electron chi connectivity index (χ4n) is 3.16. The summed E-state index contributed by atoms with van der Waals surface area (Å²) in [6, 6.07) is 6.05. The third kappa shape index (κ3) is 6.25. The van der Waals surface area contributed by atoms with Gasteiger partial charge in [0.25, 0.3) is 5.91 Å². The van der Waals surface area contributed by atoms with E-state index < -0.39 is 12.0 Å². The number of amides is 2. The molecule has 1 aliphatic rings. The zero-order valence-electron chi connectivity index (χ0n) is 16.7. The average Bonchev–Trinajstić information content (AvgIpc) is 2.72. The van der Waals surface area contributed by atoms with E-state index in [1.165, 1.54) is 31.3 Å². The van der Waals surface area contributed by atoms with Gasteiger partial charge in [0.15, 0.2) is 0 Å². The molecule has 1 aromatic carbocycles. The van der Waals surface area contributed by atoms with Crippen LogP contribution in [0, 0.1) is 0 Å². The minimum atomic E-state index is -0.854. The SMILES string of the molecule is CCCCCCCOc1ccc(C(=O)N2CCNC(=O)C2CC(=O)OC)cc1. The smallest absolute Gasteiger partial charge is 0.308 e. The Morgan fingerprint density at radius 1 is 1.14 bits per heavy atom. The van der Waals surface area contributed by atoms with Crippen LogP contribution in [0.15, 0.2) is 24.3 Å². The molecule has 1 heterocycles. The van der Waals surface area contributed by atoms with Crippen molar-refractivity contribution in [1.29, 1.82) is 0 Å². The molecule has 0 spiro atoms. The molecule has 1 unspecified atom stereocenters. The summed E-state index contributed by atoms with van der Waals surface area (Å²) in [5.74, 6) is -0.431. The zero-order chi connectivity index (χ0) is 20.4. The van der Waals surface area contributed by atoms with Gasteiger partial charge in [0.05, 0.1) is 20.1 Å². The second kappa shape index (κ2) is 11.3. The molecule has 2 rings (SSSR count). The Morgan fingerprint density at radius 2 is 1.86 bits per heavy atom. The Kier molecular flexibility index (Phi) is 8.78. The van der Waals surface area contributed by atoms with E-state index in [4.69, 9.17) is 4.74 Å². The van der Waals surface area contributed by atoms with Crippen LogP contribution in [0.1, 0.15) is 55.8 Å². The van der Waals surface area contributed by atoms with Crippen LogP contribution in [-0.4, -0.2) is 55.5 Å². The highest BCUT2D eigenvalue weighted by molar-refractivity contribution is 5.99. The monoisotopic (exact) mass is 390 g/mol. The first kappa shape index (κ1) is 21.7. The predicted molar refractivity (Wildman–Crippen MR) is 105 cm³/mol. The highest BCUT2D eigenvalue weighted by Crippen LogP contribution is 2.18. The van der Waals surface area contributed by atoms with Gasteiger partial charge in [-0.2, -0.15) is 0 Å². The number of hydrogen-bond donors (Lipinski definition) is 1. The van der Waals surface area contributed by atoms with Crippen molar-refractivity contribution in [3.8, 4) is 5.75 Å². The quantitative estimate of drug-likeness (QED) is 0.490. The normalized spacial score (nSPS) is 16.4. The van der Waals surface area contributed by atoms with Gasteiger partial charge in [-0.25, -0.2) is 0 Å². The van der Waals surface area contributed by atoms with Gasteiger partial charge in [0.2, 0.25) is 5.91 Å². The Morgan fingerprint density at radius 3 is 2.54 bits per heavy atom. The van der Waals surface area contributed by atoms with Crippen LogP contribution in [0.3, 0.4) is 0 Å². The number of hydrogen-bond acceptors (Lipinski definition) is 5. The Labute approximate surface area is 166 Å². The van der Waals surface area contributed by atoms with Gasteiger partial charge in [-0.1, -0.05) is 32.6 Å². The molecule has 154 valence electrons. The molecule has 0 saturated carbocycles. The lowest BCUT2D eigenvalue weighted by atomic mass is 10.1. The molecule has 1 fully saturated rings. The minimum Gasteiger partial charge on any atom is -0.494 e. The van der Waals surface area contributed by atoms with Crippen LogP contribution in [0.4, 0.5) is 0 Å². The van der Waals surface area contributed by atoms with Gasteiger partial charge in [-0.05, 0) is 30.7 Å². The van der Waals surface area contributed by atoms with E-state index in [0.29, 0.717) is 25.3 Å². The number of nitrogens with zero attached hydrogens (tertiary/aromatic N) is 1. The maximum atomic E-state index is 12.9. The number of rotatable bonds is 10. The Hall–Kier alpha value is -2.57. The van der Waals surface area contributed by atoms with Gasteiger partial charge in [-0.15, -0.1) is 0 Å². The number of benzene rings is 1. The lowest BCUT2D eigenvalue weighted by Crippen LogP contribution is -2.57. The first-order valence-electron chi connectivity index (χ1n) is 9.95. The summed E-state index contributed by atoms with van der Waals surface area (Å²) in [7, 11) is 1.26. The van der Waals surface area contributed by atoms with E-state index in [1.54, 1.807) is 24.3 Å². The predicted octanol–water partition coefficient (Wildman–Crippen LogP) is 2.54. The number of esters is 1. The number of ether oxygens (including phenoxy) is 2. The number of nitrogens with one attached hydrogen (secondary N) is 1. The number of unbranched alkanes of at least 4 members (excludes halogenated alkanes) is 4. The summed E-state index contributed by atoms with van der Waals surface area (Å²) in [6.07, 6.45) is 5.70. The van der Waals surface area contributed by atoms with Crippen molar-refractivity contribution in [1.82, 2.24) is 10.2 Å². The van der Waals surface area contributed by atoms with Crippen molar-refractivity contribution in [3.05, 3.63) is 29.8 Å². The second-order valence-corrected chi connectivity index (χ2v) is 6.87. The van der Waals surface area contributed by atoms with Crippen LogP contribution >= 0.6 is 0 Å². The summed E-state index contributed by atoms with van der Waals surface area (Å²) in [6.45, 7) is 3.56. The molecule has 1 saturated heterocycles. The van der Waals surface area contributed by atoms with Gasteiger partial charge in [-0.3, -0.25) is 14.4 Å². The highest BCUT2D eigenvalue weighted by atomic mass is 16.5. The summed E-state index contributed by atoms with van der Waals surface area (Å²) in [4.78, 5) is 38.0. The summed E-state index contributed by atoms with van der Waals surface area (Å²) in [5, 5.41) is 2.69. The van der Waals surface area contributed by atoms with Crippen LogP contribution in [0.5, 0.6) is 5.75 Å². The maximum absolute atomic E-state index is 12.9. The molecule has 0 aromatic heterocycles. The molecule has 0 radical (unpaired) electrons. The van der Waals surface area contributed by atoms with Crippen LogP contribution in [0.25, 0.3) is 0 Å². The standard InChI is InChI=1S/C21H30N2O5/c1-3-4-5-6-7-14-28-17-10-8-16(9-11-17)21(26)23-13-12-22-20(25)18(23)15-19(24)27-2/h8-11,18H,3-7,12-15H2,1-2H3,(H,22,25). The van der Waals surface area contributed by atoms with E-state index in [0.717, 1.165) is 18.6 Å². The molecule has 7 heteroatoms. The molecule has 1 atom stereocenters. The number of methoxy groups -OCH3 is 1. The molecule has 1 aromatic rings. The molecule has 2 amide bonds. The zero-order valence-corrected chi connectivity index (χ0v) is 16.7. The van der Waals surface area contributed by atoms with E-state index in [1.807, 2.05) is 0 Å². The molecule has 0 aliphatic carbocycles. The molecule has 1 aliphatic heterocycles. The summed E-state index contributed by atoms with van der Waals surface area (Å²) < 4.78 is 10.4. The lowest BCUT2D eigenvalue weighted by molar-refractivity contribution is -0.145. The summed E-state index contributed by atoms with van der Waals surface area (Å²) in [5.41, 5.74) is 0.458. The van der Waals surface area contributed by atoms with Crippen molar-refractivity contribution >= 4 is 17.8 Å². The van der Waals surface area contributed by atoms with Crippen molar-refractivity contribution in [2.45, 2.75) is 51.5 Å². The molecule has 28 heavy (non-hydrogen) atoms. The number of carbonyl (C=O) groups is 3. The van der Waals surface area contributed by atoms with E-state index >= 15 is 0 Å². The highest BCUT2D eigenvalue weighted by Gasteiger charge is 2.35. The molecular weight excluding hydrogens is 360 g/mol. The van der Waals surface area contributed by atoms with E-state index in [2.05, 4.69) is 17.0 Å². The first-order valence-corrected chi connectivity index (χ1v) is 9.95. The van der Waals surface area contributed by atoms with Crippen molar-refractivity contribution in [2.24, 2.45) is 0 Å². The number of piperazine rings is 1. The third-order valence-corrected chi connectivity index (χ3v) is 4.80. The molecule has 1 N–H and O–H groups in total. The second-order valence-electron chi connectivity index (χ2n) is 6.87. The van der Waals surface area contributed by atoms with Crippen LogP contribution < -0.4 is 10.1 Å². The van der Waals surface area contributed by atoms with Gasteiger partial charge in [0.1, 0.15) is 11.8 Å². The van der Waals surface area contributed by atoms with E-state index in [-0.39, 0.29) is 18.2 Å². The fraction of sp³-hybridized carbons (Fsp3) is 0.571. The largest absolute Gasteiger partial charge is 0.494 e. The van der Waals surface area contributed by atoms with Gasteiger partial charge < -0.3 is 19.7 Å². The van der Waals surface area contributed by atoms with E-state index in [9.17, 15) is 14.4 Å². The third-order valence-electron chi connectivity index (χ3n) is 4.80. The van der Waals surface area contributed by atoms with Crippen molar-refractivity contribution in [3.63, 3.8) is 0 Å². The topological polar surface area (TPSA) is 84.9 Å². The fourth-order valence-corrected chi connectivity index (χ4v) is 3.16. The summed E-state index contributed by atoms with van der Waals surface area (Å²) >= 11 is 0. The average molecular weight is 390 g/mol. The Balaban J connectivity index is 1.93. The Bertz CT molecular complexity index is 659. The minimum absolute atomic E-state index is 0.159.